The third kappa shape index (κ3) is 4.92. The second-order valence-corrected chi connectivity index (χ2v) is 5.40. The fourth-order valence-electron chi connectivity index (χ4n) is 2.54. The molecular weight excluding hydrogens is 282 g/mol. The van der Waals surface area contributed by atoms with Crippen LogP contribution in [0.25, 0.3) is 0 Å². The first-order valence-electron chi connectivity index (χ1n) is 7.77. The van der Waals surface area contributed by atoms with Gasteiger partial charge in [-0.15, -0.1) is 0 Å². The molecule has 1 aromatic rings. The van der Waals surface area contributed by atoms with E-state index in [1.54, 1.807) is 12.4 Å². The van der Waals surface area contributed by atoms with Gasteiger partial charge in [0.05, 0.1) is 13.2 Å². The lowest BCUT2D eigenvalue weighted by atomic mass is 10.2. The predicted octanol–water partition coefficient (Wildman–Crippen LogP) is 0.729. The number of hydrogen-bond acceptors (Lipinski definition) is 5. The summed E-state index contributed by atoms with van der Waals surface area (Å²) in [5, 5.41) is 2.89. The predicted molar refractivity (Wildman–Crippen MR) is 83.4 cm³/mol. The number of nitrogens with one attached hydrogen (secondary N) is 1. The van der Waals surface area contributed by atoms with Gasteiger partial charge < -0.3 is 15.0 Å². The van der Waals surface area contributed by atoms with Crippen molar-refractivity contribution in [1.29, 1.82) is 0 Å². The minimum atomic E-state index is -0.00781. The molecule has 0 saturated carbocycles. The molecule has 2 rings (SSSR count). The molecule has 0 aromatic carbocycles. The zero-order valence-electron chi connectivity index (χ0n) is 13.4. The molecule has 2 amide bonds. The number of amides is 2. The first-order chi connectivity index (χ1) is 10.7. The number of rotatable bonds is 7. The molecule has 0 spiro atoms. The summed E-state index contributed by atoms with van der Waals surface area (Å²) in [5.41, 5.74) is 0. The van der Waals surface area contributed by atoms with Crippen molar-refractivity contribution in [2.45, 2.75) is 25.9 Å². The van der Waals surface area contributed by atoms with Gasteiger partial charge in [0.2, 0.25) is 0 Å². The summed E-state index contributed by atoms with van der Waals surface area (Å²) in [6.07, 6.45) is 4.48. The van der Waals surface area contributed by atoms with E-state index >= 15 is 0 Å². The van der Waals surface area contributed by atoms with E-state index in [0.717, 1.165) is 25.3 Å². The molecule has 1 aliphatic heterocycles. The van der Waals surface area contributed by atoms with E-state index in [4.69, 9.17) is 4.74 Å². The smallest absolute Gasteiger partial charge is 0.317 e. The number of hydrogen-bond donors (Lipinski definition) is 1. The van der Waals surface area contributed by atoms with E-state index in [2.05, 4.69) is 27.2 Å². The van der Waals surface area contributed by atoms with Crippen molar-refractivity contribution in [1.82, 2.24) is 25.1 Å². The molecule has 7 heteroatoms. The van der Waals surface area contributed by atoms with Gasteiger partial charge >= 0.3 is 6.03 Å². The largest absolute Gasteiger partial charge is 0.380 e. The van der Waals surface area contributed by atoms with Gasteiger partial charge in [0.15, 0.2) is 0 Å². The Morgan fingerprint density at radius 1 is 1.50 bits per heavy atom. The standard InChI is InChI=1S/C15H25N5O2/c1-3-22-10-8-18-15(21)20-9-5-13(11-20)19(2)12-14-16-6-4-7-17-14/h4,6-7,13H,3,5,8-12H2,1-2H3,(H,18,21)/t13-/m1/s1. The van der Waals surface area contributed by atoms with Crippen LogP contribution in [0.3, 0.4) is 0 Å². The summed E-state index contributed by atoms with van der Waals surface area (Å²) >= 11 is 0. The number of nitrogens with zero attached hydrogens (tertiary/aromatic N) is 4. The highest BCUT2D eigenvalue weighted by Gasteiger charge is 2.28. The van der Waals surface area contributed by atoms with Crippen molar-refractivity contribution in [2.75, 3.05) is 39.9 Å². The molecule has 1 atom stereocenters. The topological polar surface area (TPSA) is 70.6 Å². The van der Waals surface area contributed by atoms with Gasteiger partial charge in [-0.2, -0.15) is 0 Å². The molecule has 1 aliphatic rings. The quantitative estimate of drug-likeness (QED) is 0.752. The first-order valence-corrected chi connectivity index (χ1v) is 7.77. The molecule has 1 N–H and O–H groups in total. The van der Waals surface area contributed by atoms with Crippen LogP contribution < -0.4 is 5.32 Å². The second-order valence-electron chi connectivity index (χ2n) is 5.40. The maximum Gasteiger partial charge on any atom is 0.317 e. The van der Waals surface area contributed by atoms with Crippen LogP contribution in [-0.4, -0.2) is 71.7 Å². The summed E-state index contributed by atoms with van der Waals surface area (Å²) in [5.74, 6) is 0.810. The Morgan fingerprint density at radius 2 is 2.27 bits per heavy atom. The lowest BCUT2D eigenvalue weighted by Gasteiger charge is -2.24. The maximum absolute atomic E-state index is 12.1. The third-order valence-corrected chi connectivity index (χ3v) is 3.81. The number of likely N-dealkylation sites (N-methyl/N-ethyl adjacent to an activating group) is 1. The Bertz CT molecular complexity index is 457. The molecule has 0 bridgehead atoms. The van der Waals surface area contributed by atoms with Crippen molar-refractivity contribution in [2.24, 2.45) is 0 Å². The minimum absolute atomic E-state index is 0.00781. The number of likely N-dealkylation sites (tertiary alicyclic amines) is 1. The van der Waals surface area contributed by atoms with Gasteiger partial charge in [-0.3, -0.25) is 4.90 Å². The van der Waals surface area contributed by atoms with Crippen LogP contribution in [0, 0.1) is 0 Å². The molecule has 7 nitrogen and oxygen atoms in total. The summed E-state index contributed by atoms with van der Waals surface area (Å²) < 4.78 is 5.22. The number of carbonyl (C=O) groups excluding carboxylic acids is 1. The molecule has 2 heterocycles. The number of aromatic nitrogens is 2. The van der Waals surface area contributed by atoms with Gasteiger partial charge in [-0.05, 0) is 26.5 Å². The maximum atomic E-state index is 12.1. The second kappa shape index (κ2) is 8.65. The molecule has 0 radical (unpaired) electrons. The highest BCUT2D eigenvalue weighted by atomic mass is 16.5. The Balaban J connectivity index is 1.73. The number of ether oxygens (including phenoxy) is 1. The number of carbonyl (C=O) groups is 1. The average molecular weight is 307 g/mol. The molecule has 1 saturated heterocycles. The SMILES string of the molecule is CCOCCNC(=O)N1CC[C@@H](N(C)Cc2ncccn2)C1. The number of urea groups is 1. The van der Waals surface area contributed by atoms with E-state index < -0.39 is 0 Å². The highest BCUT2D eigenvalue weighted by Crippen LogP contribution is 2.15. The van der Waals surface area contributed by atoms with E-state index in [1.165, 1.54) is 0 Å². The fraction of sp³-hybridized carbons (Fsp3) is 0.667. The molecule has 122 valence electrons. The van der Waals surface area contributed by atoms with Crippen LogP contribution in [0.5, 0.6) is 0 Å². The zero-order chi connectivity index (χ0) is 15.8. The normalized spacial score (nSPS) is 18.0. The van der Waals surface area contributed by atoms with Crippen LogP contribution >= 0.6 is 0 Å². The summed E-state index contributed by atoms with van der Waals surface area (Å²) in [7, 11) is 2.05. The lowest BCUT2D eigenvalue weighted by molar-refractivity contribution is 0.146. The minimum Gasteiger partial charge on any atom is -0.380 e. The first kappa shape index (κ1) is 16.6. The van der Waals surface area contributed by atoms with E-state index in [1.807, 2.05) is 17.9 Å². The fourth-order valence-corrected chi connectivity index (χ4v) is 2.54. The van der Waals surface area contributed by atoms with Gasteiger partial charge in [-0.1, -0.05) is 0 Å². The van der Waals surface area contributed by atoms with Crippen molar-refractivity contribution >= 4 is 6.03 Å². The molecule has 1 aromatic heterocycles. The van der Waals surface area contributed by atoms with Crippen molar-refractivity contribution in [3.8, 4) is 0 Å². The van der Waals surface area contributed by atoms with E-state index in [9.17, 15) is 4.79 Å². The van der Waals surface area contributed by atoms with Gasteiger partial charge in [-0.25, -0.2) is 14.8 Å². The van der Waals surface area contributed by atoms with E-state index in [0.29, 0.717) is 32.3 Å². The van der Waals surface area contributed by atoms with Crippen LogP contribution in [0.2, 0.25) is 0 Å². The Hall–Kier alpha value is -1.73. The van der Waals surface area contributed by atoms with Crippen LogP contribution in [-0.2, 0) is 11.3 Å². The molecule has 0 aliphatic carbocycles. The van der Waals surface area contributed by atoms with Crippen molar-refractivity contribution < 1.29 is 9.53 Å². The molecular formula is C15H25N5O2. The Kier molecular flexibility index (Phi) is 6.54. The summed E-state index contributed by atoms with van der Waals surface area (Å²) in [4.78, 5) is 24.6. The van der Waals surface area contributed by atoms with Crippen LogP contribution in [0.1, 0.15) is 19.2 Å². The Morgan fingerprint density at radius 3 is 3.00 bits per heavy atom. The lowest BCUT2D eigenvalue weighted by Crippen LogP contribution is -2.42. The van der Waals surface area contributed by atoms with E-state index in [-0.39, 0.29) is 6.03 Å². The average Bonchev–Trinajstić information content (AvgIpc) is 3.02. The van der Waals surface area contributed by atoms with Crippen molar-refractivity contribution in [3.05, 3.63) is 24.3 Å². The molecule has 1 fully saturated rings. The van der Waals surface area contributed by atoms with Crippen LogP contribution in [0.4, 0.5) is 4.79 Å². The zero-order valence-corrected chi connectivity index (χ0v) is 13.4. The van der Waals surface area contributed by atoms with Gasteiger partial charge in [0.1, 0.15) is 5.82 Å². The van der Waals surface area contributed by atoms with Gasteiger partial charge in [0, 0.05) is 44.7 Å². The van der Waals surface area contributed by atoms with Gasteiger partial charge in [0.25, 0.3) is 0 Å². The summed E-state index contributed by atoms with van der Waals surface area (Å²) in [6, 6.07) is 2.15. The molecule has 0 unspecified atom stereocenters. The van der Waals surface area contributed by atoms with Crippen molar-refractivity contribution in [3.63, 3.8) is 0 Å². The summed E-state index contributed by atoms with van der Waals surface area (Å²) in [6.45, 7) is 5.96. The monoisotopic (exact) mass is 307 g/mol. The third-order valence-electron chi connectivity index (χ3n) is 3.81. The Labute approximate surface area is 131 Å². The molecule has 22 heavy (non-hydrogen) atoms. The highest BCUT2D eigenvalue weighted by molar-refractivity contribution is 5.74. The van der Waals surface area contributed by atoms with Crippen LogP contribution in [0.15, 0.2) is 18.5 Å².